The van der Waals surface area contributed by atoms with Gasteiger partial charge in [0.25, 0.3) is 0 Å². The molecule has 0 bridgehead atoms. The van der Waals surface area contributed by atoms with Gasteiger partial charge in [0.05, 0.1) is 24.4 Å². The lowest BCUT2D eigenvalue weighted by molar-refractivity contribution is -0.232. The third kappa shape index (κ3) is 4.10. The number of piperidine rings is 1. The van der Waals surface area contributed by atoms with E-state index in [1.807, 2.05) is 37.3 Å². The smallest absolute Gasteiger partial charge is 0.336 e. The molecule has 35 heavy (non-hydrogen) atoms. The summed E-state index contributed by atoms with van der Waals surface area (Å²) in [6.45, 7) is 7.85. The zero-order valence-electron chi connectivity index (χ0n) is 20.5. The highest BCUT2D eigenvalue weighted by molar-refractivity contribution is 5.89. The summed E-state index contributed by atoms with van der Waals surface area (Å²) in [4.78, 5) is 27.5. The molecule has 1 N–H and O–H groups in total. The summed E-state index contributed by atoms with van der Waals surface area (Å²) in [7, 11) is 0. The maximum Gasteiger partial charge on any atom is 0.336 e. The van der Waals surface area contributed by atoms with Crippen LogP contribution in [0.1, 0.15) is 61.2 Å². The molecule has 0 aromatic heterocycles. The third-order valence-electron chi connectivity index (χ3n) is 7.91. The molecule has 186 valence electrons. The van der Waals surface area contributed by atoms with Gasteiger partial charge < -0.3 is 19.3 Å². The zero-order chi connectivity index (χ0) is 24.8. The fourth-order valence-electron chi connectivity index (χ4n) is 6.19. The van der Waals surface area contributed by atoms with Crippen LogP contribution in [0, 0.1) is 11.3 Å². The highest BCUT2D eigenvalue weighted by atomic mass is 16.5. The molecule has 2 fully saturated rings. The number of likely N-dealkylation sites (tertiary alicyclic amines) is 1. The molecule has 0 saturated carbocycles. The van der Waals surface area contributed by atoms with Gasteiger partial charge in [0.15, 0.2) is 0 Å². The molecule has 2 saturated heterocycles. The molecule has 3 aliphatic heterocycles. The topological polar surface area (TPSA) is 85.3 Å². The van der Waals surface area contributed by atoms with E-state index in [4.69, 9.17) is 14.2 Å². The van der Waals surface area contributed by atoms with Gasteiger partial charge in [-0.25, -0.2) is 4.79 Å². The Bertz CT molecular complexity index is 1130. The van der Waals surface area contributed by atoms with E-state index >= 15 is 0 Å². The number of hydrogen-bond acceptors (Lipinski definition) is 6. The summed E-state index contributed by atoms with van der Waals surface area (Å²) in [5.41, 5.74) is 0.690. The number of rotatable bonds is 5. The number of ether oxygens (including phenoxy) is 3. The lowest BCUT2D eigenvalue weighted by Crippen LogP contribution is -2.63. The second kappa shape index (κ2) is 8.95. The van der Waals surface area contributed by atoms with Crippen molar-refractivity contribution in [2.24, 2.45) is 11.3 Å². The number of para-hydroxylation sites is 1. The summed E-state index contributed by atoms with van der Waals surface area (Å²) >= 11 is 0. The summed E-state index contributed by atoms with van der Waals surface area (Å²) in [6.07, 6.45) is 0.817. The van der Waals surface area contributed by atoms with Crippen molar-refractivity contribution in [1.82, 2.24) is 4.90 Å². The second-order valence-electron chi connectivity index (χ2n) is 10.4. The average Bonchev–Trinajstić information content (AvgIpc) is 2.83. The lowest BCUT2D eigenvalue weighted by Gasteiger charge is -2.57. The van der Waals surface area contributed by atoms with Gasteiger partial charge in [0.2, 0.25) is 0 Å². The van der Waals surface area contributed by atoms with Crippen LogP contribution in [0.3, 0.4) is 0 Å². The van der Waals surface area contributed by atoms with Crippen LogP contribution >= 0.6 is 0 Å². The van der Waals surface area contributed by atoms with Crippen LogP contribution in [0.2, 0.25) is 0 Å². The van der Waals surface area contributed by atoms with Crippen LogP contribution < -0.4 is 4.74 Å². The van der Waals surface area contributed by atoms with E-state index in [1.54, 1.807) is 12.1 Å². The van der Waals surface area contributed by atoms with Crippen molar-refractivity contribution in [3.8, 4) is 5.75 Å². The predicted octanol–water partition coefficient (Wildman–Crippen LogP) is 4.46. The van der Waals surface area contributed by atoms with Gasteiger partial charge in [0.1, 0.15) is 16.8 Å². The van der Waals surface area contributed by atoms with Gasteiger partial charge in [0, 0.05) is 31.1 Å². The number of carboxylic acids is 1. The number of hydrogen-bond donors (Lipinski definition) is 1. The van der Waals surface area contributed by atoms with Gasteiger partial charge in [-0.3, -0.25) is 9.69 Å². The minimum absolute atomic E-state index is 0.0377. The van der Waals surface area contributed by atoms with E-state index in [0.29, 0.717) is 39.1 Å². The molecule has 0 spiro atoms. The van der Waals surface area contributed by atoms with Crippen molar-refractivity contribution in [3.63, 3.8) is 0 Å². The van der Waals surface area contributed by atoms with Crippen molar-refractivity contribution in [2.75, 3.05) is 19.7 Å². The first-order chi connectivity index (χ1) is 16.7. The summed E-state index contributed by atoms with van der Waals surface area (Å²) in [6, 6.07) is 15.0. The van der Waals surface area contributed by atoms with Crippen LogP contribution in [0.15, 0.2) is 48.5 Å². The van der Waals surface area contributed by atoms with Crippen LogP contribution in [-0.4, -0.2) is 53.3 Å². The molecule has 0 unspecified atom stereocenters. The number of aromatic carboxylic acids is 1. The third-order valence-corrected chi connectivity index (χ3v) is 7.91. The normalized spacial score (nSPS) is 29.2. The van der Waals surface area contributed by atoms with Gasteiger partial charge in [-0.2, -0.15) is 0 Å². The second-order valence-corrected chi connectivity index (χ2v) is 10.4. The van der Waals surface area contributed by atoms with Crippen LogP contribution in [0.5, 0.6) is 5.75 Å². The van der Waals surface area contributed by atoms with Gasteiger partial charge in [-0.1, -0.05) is 36.4 Å². The van der Waals surface area contributed by atoms with E-state index in [1.165, 1.54) is 0 Å². The Balaban J connectivity index is 1.48. The van der Waals surface area contributed by atoms with E-state index < -0.39 is 17.0 Å². The van der Waals surface area contributed by atoms with Gasteiger partial charge >= 0.3 is 11.9 Å². The number of esters is 1. The molecule has 3 aliphatic rings. The highest BCUT2D eigenvalue weighted by Gasteiger charge is 2.61. The minimum Gasteiger partial charge on any atom is -0.487 e. The largest absolute Gasteiger partial charge is 0.487 e. The first-order valence-corrected chi connectivity index (χ1v) is 12.4. The van der Waals surface area contributed by atoms with E-state index in [-0.39, 0.29) is 29.7 Å². The van der Waals surface area contributed by atoms with E-state index in [9.17, 15) is 14.7 Å². The molecule has 5 rings (SSSR count). The van der Waals surface area contributed by atoms with Crippen molar-refractivity contribution >= 4 is 11.9 Å². The van der Waals surface area contributed by atoms with Crippen LogP contribution in [0.4, 0.5) is 0 Å². The quantitative estimate of drug-likeness (QED) is 0.634. The minimum atomic E-state index is -0.945. The first kappa shape index (κ1) is 23.8. The Kier molecular flexibility index (Phi) is 6.09. The zero-order valence-corrected chi connectivity index (χ0v) is 20.5. The fourth-order valence-corrected chi connectivity index (χ4v) is 6.19. The molecule has 2 aromatic rings. The lowest BCUT2D eigenvalue weighted by atomic mass is 9.63. The number of fused-ring (bicyclic) bond motifs is 4. The molecule has 7 nitrogen and oxygen atoms in total. The number of carbonyl (C=O) groups is 2. The molecular weight excluding hydrogens is 446 g/mol. The SMILES string of the molecule is CCOC(=O)[C@@]12C[C@@H]3[C@@H](O[C@@H]1CCN(Cc1ccccc1C(=O)O)C2)c1ccccc1OC3(C)C. The molecule has 7 heteroatoms. The monoisotopic (exact) mass is 479 g/mol. The maximum atomic E-state index is 13.6. The molecule has 4 atom stereocenters. The molecular formula is C28H33NO6. The van der Waals surface area contributed by atoms with E-state index in [2.05, 4.69) is 24.8 Å². The average molecular weight is 480 g/mol. The Morgan fingerprint density at radius 1 is 1.14 bits per heavy atom. The number of benzene rings is 2. The Morgan fingerprint density at radius 3 is 2.66 bits per heavy atom. The van der Waals surface area contributed by atoms with Crippen molar-refractivity contribution in [2.45, 2.75) is 58.0 Å². The fraction of sp³-hybridized carbons (Fsp3) is 0.500. The first-order valence-electron chi connectivity index (χ1n) is 12.4. The van der Waals surface area contributed by atoms with Crippen molar-refractivity contribution < 1.29 is 28.9 Å². The molecule has 0 radical (unpaired) electrons. The number of carbonyl (C=O) groups excluding carboxylic acids is 1. The Labute approximate surface area is 206 Å². The van der Waals surface area contributed by atoms with Gasteiger partial charge in [-0.05, 0) is 51.3 Å². The number of nitrogens with zero attached hydrogens (tertiary/aromatic N) is 1. The Hall–Kier alpha value is -2.90. The summed E-state index contributed by atoms with van der Waals surface area (Å²) < 4.78 is 18.8. The summed E-state index contributed by atoms with van der Waals surface area (Å²) in [5, 5.41) is 9.63. The standard InChI is InChI=1S/C28H33NO6/c1-4-33-26(32)28-15-21-24(20-11-7-8-12-22(20)35-27(21,2)3)34-23(28)13-14-29(17-28)16-18-9-5-6-10-19(18)25(30)31/h5-12,21,23-24H,4,13-17H2,1-3H3,(H,30,31)/t21-,23-,24+,28-/m1/s1. The maximum absolute atomic E-state index is 13.6. The van der Waals surface area contributed by atoms with E-state index in [0.717, 1.165) is 16.9 Å². The molecule has 3 heterocycles. The predicted molar refractivity (Wildman–Crippen MR) is 129 cm³/mol. The number of carboxylic acid groups (broad SMARTS) is 1. The molecule has 2 aromatic carbocycles. The van der Waals surface area contributed by atoms with Crippen molar-refractivity contribution in [3.05, 3.63) is 65.2 Å². The van der Waals surface area contributed by atoms with Crippen molar-refractivity contribution in [1.29, 1.82) is 0 Å². The Morgan fingerprint density at radius 2 is 1.89 bits per heavy atom. The molecule has 0 amide bonds. The van der Waals surface area contributed by atoms with Crippen LogP contribution in [-0.2, 0) is 20.8 Å². The molecule has 0 aliphatic carbocycles. The highest BCUT2D eigenvalue weighted by Crippen LogP contribution is 2.57. The summed E-state index contributed by atoms with van der Waals surface area (Å²) in [5.74, 6) is -0.386. The van der Waals surface area contributed by atoms with Gasteiger partial charge in [-0.15, -0.1) is 0 Å². The van der Waals surface area contributed by atoms with Crippen LogP contribution in [0.25, 0.3) is 0 Å².